The topological polar surface area (TPSA) is 72.4 Å². The van der Waals surface area contributed by atoms with Gasteiger partial charge in [0, 0.05) is 6.07 Å². The highest BCUT2D eigenvalue weighted by atomic mass is 32.2. The summed E-state index contributed by atoms with van der Waals surface area (Å²) < 4.78 is 3.38. The summed E-state index contributed by atoms with van der Waals surface area (Å²) in [7, 11) is 0. The summed E-state index contributed by atoms with van der Waals surface area (Å²) >= 11 is 0.242. The average Bonchev–Trinajstić information content (AvgIpc) is 2.49. The standard InChI is InChI=1S/C12H14NO4S/c1-4-17-8-5-9(7(2)3)11-10(6-8)13(15,16)18-12(11)14/h5-7H,4H2,1-3H3/q-1. The smallest absolute Gasteiger partial charge is 0.283 e. The van der Waals surface area contributed by atoms with Crippen LogP contribution in [-0.2, 0) is 0 Å². The Bertz CT molecular complexity index is 499. The third kappa shape index (κ3) is 2.12. The van der Waals surface area contributed by atoms with Crippen molar-refractivity contribution in [2.75, 3.05) is 6.61 Å². The van der Waals surface area contributed by atoms with Crippen molar-refractivity contribution in [1.29, 1.82) is 0 Å². The van der Waals surface area contributed by atoms with E-state index in [0.717, 1.165) is 0 Å². The summed E-state index contributed by atoms with van der Waals surface area (Å²) in [5.41, 5.74) is 0.892. The van der Waals surface area contributed by atoms with Crippen molar-refractivity contribution < 1.29 is 9.53 Å². The predicted molar refractivity (Wildman–Crippen MR) is 72.1 cm³/mol. The van der Waals surface area contributed by atoms with E-state index in [4.69, 9.17) is 4.74 Å². The molecule has 0 spiro atoms. The first kappa shape index (κ1) is 13.4. The zero-order valence-corrected chi connectivity index (χ0v) is 11.2. The molecule has 0 bridgehead atoms. The van der Waals surface area contributed by atoms with Crippen LogP contribution in [-0.4, -0.2) is 11.7 Å². The average molecular weight is 268 g/mol. The SMILES string of the molecule is CCOc1cc(C(C)C)c2c(c1)[N+]([O-])([O-])SC2=O. The van der Waals surface area contributed by atoms with Crippen molar-refractivity contribution in [2.24, 2.45) is 0 Å². The zero-order chi connectivity index (χ0) is 13.5. The van der Waals surface area contributed by atoms with Gasteiger partial charge in [-0.05, 0) is 24.5 Å². The summed E-state index contributed by atoms with van der Waals surface area (Å²) in [5, 5.41) is 23.0. The normalized spacial score (nSPS) is 17.1. The highest BCUT2D eigenvalue weighted by Gasteiger charge is 2.38. The van der Waals surface area contributed by atoms with Gasteiger partial charge in [-0.25, -0.2) is 0 Å². The van der Waals surface area contributed by atoms with E-state index in [-0.39, 0.29) is 29.1 Å². The molecular weight excluding hydrogens is 254 g/mol. The first-order chi connectivity index (χ1) is 8.36. The third-order valence-corrected chi connectivity index (χ3v) is 3.56. The number of ether oxygens (including phenoxy) is 1. The molecule has 0 aromatic heterocycles. The molecule has 0 radical (unpaired) electrons. The lowest BCUT2D eigenvalue weighted by Crippen LogP contribution is -2.23. The molecule has 2 rings (SSSR count). The fourth-order valence-electron chi connectivity index (χ4n) is 1.97. The number of nitrogens with zero attached hydrogens (tertiary/aromatic N) is 1. The molecule has 98 valence electrons. The number of rotatable bonds is 3. The molecule has 0 saturated carbocycles. The maximum atomic E-state index is 11.8. The van der Waals surface area contributed by atoms with Crippen LogP contribution in [0.2, 0.25) is 0 Å². The van der Waals surface area contributed by atoms with E-state index in [1.807, 2.05) is 20.8 Å². The van der Waals surface area contributed by atoms with Crippen molar-refractivity contribution in [3.05, 3.63) is 33.7 Å². The van der Waals surface area contributed by atoms with Gasteiger partial charge in [0.15, 0.2) is 17.6 Å². The lowest BCUT2D eigenvalue weighted by Gasteiger charge is -2.38. The van der Waals surface area contributed by atoms with Gasteiger partial charge in [0.25, 0.3) is 5.12 Å². The number of carbonyl (C=O) groups is 1. The van der Waals surface area contributed by atoms with Gasteiger partial charge in [0.05, 0.1) is 6.61 Å². The van der Waals surface area contributed by atoms with Gasteiger partial charge in [0.1, 0.15) is 11.3 Å². The van der Waals surface area contributed by atoms with Crippen molar-refractivity contribution in [3.8, 4) is 5.75 Å². The molecule has 1 aromatic carbocycles. The number of benzene rings is 1. The largest absolute Gasteiger partial charge is 0.613 e. The quantitative estimate of drug-likeness (QED) is 0.477. The Morgan fingerprint density at radius 2 is 2.06 bits per heavy atom. The Labute approximate surface area is 110 Å². The Morgan fingerprint density at radius 1 is 1.39 bits per heavy atom. The van der Waals surface area contributed by atoms with E-state index in [1.54, 1.807) is 6.07 Å². The monoisotopic (exact) mass is 268 g/mol. The molecule has 1 heterocycles. The highest BCUT2D eigenvalue weighted by molar-refractivity contribution is 8.14. The van der Waals surface area contributed by atoms with Gasteiger partial charge in [-0.3, -0.25) is 9.01 Å². The van der Waals surface area contributed by atoms with Crippen molar-refractivity contribution in [2.45, 2.75) is 26.7 Å². The summed E-state index contributed by atoms with van der Waals surface area (Å²) in [6, 6.07) is 3.11. The maximum Gasteiger partial charge on any atom is 0.283 e. The Hall–Kier alpha value is -1.08. The summed E-state index contributed by atoms with van der Waals surface area (Å²) in [6.07, 6.45) is 0. The fraction of sp³-hybridized carbons (Fsp3) is 0.417. The molecule has 0 aliphatic carbocycles. The number of quaternary nitrogens is 1. The predicted octanol–water partition coefficient (Wildman–Crippen LogP) is 3.31. The van der Waals surface area contributed by atoms with Crippen LogP contribution in [0.15, 0.2) is 12.1 Å². The Morgan fingerprint density at radius 3 is 2.61 bits per heavy atom. The fourth-order valence-corrected chi connectivity index (χ4v) is 2.74. The van der Waals surface area contributed by atoms with Crippen LogP contribution in [0.1, 0.15) is 42.6 Å². The molecule has 0 saturated heterocycles. The van der Waals surface area contributed by atoms with E-state index in [0.29, 0.717) is 17.9 Å². The molecule has 5 nitrogen and oxygen atoms in total. The number of hydrogen-bond acceptors (Lipinski definition) is 5. The van der Waals surface area contributed by atoms with Crippen molar-refractivity contribution >= 4 is 22.8 Å². The molecule has 0 amide bonds. The van der Waals surface area contributed by atoms with E-state index in [2.05, 4.69) is 0 Å². The minimum absolute atomic E-state index is 0.0433. The Balaban J connectivity index is 2.65. The van der Waals surface area contributed by atoms with E-state index < -0.39 is 9.33 Å². The van der Waals surface area contributed by atoms with Crippen molar-refractivity contribution in [1.82, 2.24) is 4.21 Å². The van der Waals surface area contributed by atoms with Crippen LogP contribution in [0.4, 0.5) is 5.69 Å². The molecule has 1 aliphatic rings. The van der Waals surface area contributed by atoms with Crippen LogP contribution < -0.4 is 8.95 Å². The van der Waals surface area contributed by atoms with Crippen LogP contribution in [0.5, 0.6) is 5.75 Å². The van der Waals surface area contributed by atoms with Gasteiger partial charge >= 0.3 is 0 Å². The number of hydrogen-bond donors (Lipinski definition) is 0. The second kappa shape index (κ2) is 4.55. The molecule has 0 unspecified atom stereocenters. The van der Waals surface area contributed by atoms with Crippen LogP contribution in [0, 0.1) is 10.4 Å². The summed E-state index contributed by atoms with van der Waals surface area (Å²) in [5.74, 6) is 0.506. The molecule has 6 heteroatoms. The molecule has 18 heavy (non-hydrogen) atoms. The maximum absolute atomic E-state index is 11.8. The van der Waals surface area contributed by atoms with Gasteiger partial charge in [-0.15, -0.1) is 0 Å². The van der Waals surface area contributed by atoms with E-state index >= 15 is 0 Å². The van der Waals surface area contributed by atoms with Crippen LogP contribution in [0.3, 0.4) is 0 Å². The molecule has 1 aromatic rings. The molecule has 1 aliphatic heterocycles. The summed E-state index contributed by atoms with van der Waals surface area (Å²) in [4.78, 5) is 11.8. The number of fused-ring (bicyclic) bond motifs is 1. The third-order valence-electron chi connectivity index (χ3n) is 2.76. The van der Waals surface area contributed by atoms with Crippen LogP contribution in [0.25, 0.3) is 0 Å². The second-order valence-corrected chi connectivity index (χ2v) is 5.40. The first-order valence-corrected chi connectivity index (χ1v) is 6.50. The minimum Gasteiger partial charge on any atom is -0.613 e. The van der Waals surface area contributed by atoms with Gasteiger partial charge in [0.2, 0.25) is 0 Å². The Kier molecular flexibility index (Phi) is 3.37. The lowest BCUT2D eigenvalue weighted by molar-refractivity contribution is 0.109. The van der Waals surface area contributed by atoms with Crippen LogP contribution >= 0.6 is 11.9 Å². The molecule has 0 N–H and O–H groups in total. The molecular formula is C12H14NO4S-. The first-order valence-electron chi connectivity index (χ1n) is 5.73. The highest BCUT2D eigenvalue weighted by Crippen LogP contribution is 2.48. The second-order valence-electron chi connectivity index (χ2n) is 4.37. The van der Waals surface area contributed by atoms with E-state index in [1.165, 1.54) is 6.07 Å². The number of carbonyl (C=O) groups excluding carboxylic acids is 1. The van der Waals surface area contributed by atoms with Gasteiger partial charge in [-0.2, -0.15) is 0 Å². The molecule has 0 fully saturated rings. The van der Waals surface area contributed by atoms with Crippen molar-refractivity contribution in [3.63, 3.8) is 0 Å². The van der Waals surface area contributed by atoms with Gasteiger partial charge < -0.3 is 15.2 Å². The van der Waals surface area contributed by atoms with E-state index in [9.17, 15) is 15.2 Å². The molecule has 0 atom stereocenters. The lowest BCUT2D eigenvalue weighted by atomic mass is 9.96. The van der Waals surface area contributed by atoms with Gasteiger partial charge in [-0.1, -0.05) is 13.8 Å². The minimum atomic E-state index is -1.96. The summed E-state index contributed by atoms with van der Waals surface area (Å²) in [6.45, 7) is 6.07. The zero-order valence-electron chi connectivity index (χ0n) is 10.4.